The molecule has 0 unspecified atom stereocenters. The summed E-state index contributed by atoms with van der Waals surface area (Å²) in [7, 11) is -3.86. The molecule has 0 spiro atoms. The van der Waals surface area contributed by atoms with Crippen molar-refractivity contribution in [2.45, 2.75) is 67.3 Å². The molecule has 5 atom stereocenters. The molecule has 18 heteroatoms. The molecule has 56 heavy (non-hydrogen) atoms. The number of fused-ring (bicyclic) bond motifs is 1. The number of anilines is 3. The van der Waals surface area contributed by atoms with Crippen LogP contribution in [0, 0.1) is 0 Å². The smallest absolute Gasteiger partial charge is 0.319 e. The van der Waals surface area contributed by atoms with Gasteiger partial charge >= 0.3 is 6.03 Å². The van der Waals surface area contributed by atoms with Crippen LogP contribution >= 0.6 is 12.4 Å². The number of aliphatic hydroxyl groups is 2. The second-order valence-corrected chi connectivity index (χ2v) is 15.4. The Hall–Kier alpha value is -5.33. The number of nitrogens with zero attached hydrogens (tertiary/aromatic N) is 5. The van der Waals surface area contributed by atoms with E-state index in [1.165, 1.54) is 24.3 Å². The fourth-order valence-electron chi connectivity index (χ4n) is 7.29. The molecule has 3 heterocycles. The average molecular weight is 805 g/mol. The van der Waals surface area contributed by atoms with E-state index >= 15 is 0 Å². The zero-order valence-electron chi connectivity index (χ0n) is 30.5. The van der Waals surface area contributed by atoms with Crippen molar-refractivity contribution in [1.29, 1.82) is 0 Å². The van der Waals surface area contributed by atoms with Crippen LogP contribution in [0.5, 0.6) is 0 Å². The second kappa shape index (κ2) is 17.2. The number of nitrogens with one attached hydrogen (secondary N) is 4. The quantitative estimate of drug-likeness (QED) is 0.0969. The van der Waals surface area contributed by atoms with Gasteiger partial charge in [-0.05, 0) is 48.2 Å². The van der Waals surface area contributed by atoms with Crippen LogP contribution in [0.2, 0.25) is 0 Å². The van der Waals surface area contributed by atoms with Gasteiger partial charge in [0.05, 0.1) is 23.3 Å². The number of aliphatic hydroxyl groups excluding tert-OH is 2. The zero-order chi connectivity index (χ0) is 38.7. The molecule has 8 N–H and O–H groups in total. The summed E-state index contributed by atoms with van der Waals surface area (Å²) in [5.41, 5.74) is 3.56. The summed E-state index contributed by atoms with van der Waals surface area (Å²) in [6.45, 7) is 3.12. The molecule has 7 rings (SSSR count). The van der Waals surface area contributed by atoms with Crippen molar-refractivity contribution in [1.82, 2.24) is 30.2 Å². The number of urea groups is 1. The number of hydrogen-bond donors (Lipinski definition) is 7. The van der Waals surface area contributed by atoms with E-state index in [4.69, 9.17) is 20.1 Å². The van der Waals surface area contributed by atoms with Gasteiger partial charge < -0.3 is 40.9 Å². The molecule has 2 fully saturated rings. The lowest BCUT2D eigenvalue weighted by Crippen LogP contribution is -2.42. The molecule has 0 radical (unpaired) electrons. The fourth-order valence-corrected chi connectivity index (χ4v) is 7.80. The van der Waals surface area contributed by atoms with Crippen LogP contribution in [-0.4, -0.2) is 94.0 Å². The Bertz CT molecular complexity index is 2210. The van der Waals surface area contributed by atoms with Crippen molar-refractivity contribution < 1.29 is 28.2 Å². The maximum Gasteiger partial charge on any atom is 0.319 e. The number of carbonyl (C=O) groups is 2. The zero-order valence-corrected chi connectivity index (χ0v) is 32.2. The van der Waals surface area contributed by atoms with Crippen LogP contribution in [0.3, 0.4) is 0 Å². The maximum absolute atomic E-state index is 12.9. The van der Waals surface area contributed by atoms with Gasteiger partial charge in [0, 0.05) is 43.7 Å². The van der Waals surface area contributed by atoms with Gasteiger partial charge in [-0.25, -0.2) is 23.3 Å². The third-order valence-corrected chi connectivity index (χ3v) is 11.1. The summed E-state index contributed by atoms with van der Waals surface area (Å²) in [6.07, 6.45) is 0.318. The molecule has 5 aromatic rings. The van der Waals surface area contributed by atoms with Crippen LogP contribution < -0.4 is 31.3 Å². The minimum atomic E-state index is -3.86. The van der Waals surface area contributed by atoms with E-state index in [2.05, 4.69) is 45.5 Å². The Morgan fingerprint density at radius 2 is 1.59 bits per heavy atom. The second-order valence-electron chi connectivity index (χ2n) is 13.9. The van der Waals surface area contributed by atoms with Crippen LogP contribution in [0.15, 0.2) is 96.2 Å². The Balaban J connectivity index is 0.00000532. The van der Waals surface area contributed by atoms with Gasteiger partial charge in [0.15, 0.2) is 17.0 Å². The number of carbonyl (C=O) groups excluding carboxylic acids is 2. The molecule has 3 amide bonds. The van der Waals surface area contributed by atoms with Crippen molar-refractivity contribution in [2.24, 2.45) is 5.14 Å². The van der Waals surface area contributed by atoms with E-state index in [1.54, 1.807) is 17.8 Å². The summed E-state index contributed by atoms with van der Waals surface area (Å²) in [4.78, 5) is 41.6. The predicted molar refractivity (Wildman–Crippen MR) is 214 cm³/mol. The number of halogens is 1. The van der Waals surface area contributed by atoms with Gasteiger partial charge in [-0.2, -0.15) is 9.97 Å². The van der Waals surface area contributed by atoms with E-state index in [0.29, 0.717) is 54.7 Å². The standard InChI is InChI=1S/C38H44N10O6S.ClH/c1-2-31(49)44-29-19-30(34(51)33(29)50)48-22-41-32-35(40-20-28(23-9-5-3-6-10-23)24-11-7-4-8-12-24)45-37(46-36(32)48)47-18-17-26(21-47)43-38(52)42-25-13-15-27(16-14-25)55(39,53)54;/h3-16,22,26,28-30,33-34,50-51H,2,17-21H2,1H3,(H,44,49)(H2,39,53,54)(H,40,45,46)(H2,42,43,52);1H/t26-,29+,30-,33-,34+;/m1./s1. The molecular formula is C38H45ClN10O6S. The van der Waals surface area contributed by atoms with E-state index in [1.807, 2.05) is 41.3 Å². The number of primary sulfonamides is 1. The summed E-state index contributed by atoms with van der Waals surface area (Å²) in [6, 6.07) is 23.9. The van der Waals surface area contributed by atoms with Gasteiger partial charge in [-0.3, -0.25) is 4.79 Å². The maximum atomic E-state index is 12.9. The van der Waals surface area contributed by atoms with Crippen LogP contribution in [0.1, 0.15) is 49.3 Å². The lowest BCUT2D eigenvalue weighted by atomic mass is 9.91. The number of sulfonamides is 1. The van der Waals surface area contributed by atoms with E-state index < -0.39 is 40.3 Å². The van der Waals surface area contributed by atoms with E-state index in [-0.39, 0.29) is 48.0 Å². The first-order valence-electron chi connectivity index (χ1n) is 18.2. The van der Waals surface area contributed by atoms with Crippen LogP contribution in [0.4, 0.5) is 22.2 Å². The van der Waals surface area contributed by atoms with E-state index in [0.717, 1.165) is 11.1 Å². The molecule has 296 valence electrons. The Morgan fingerprint density at radius 3 is 2.21 bits per heavy atom. The van der Waals surface area contributed by atoms with Gasteiger partial charge in [0.1, 0.15) is 12.2 Å². The molecule has 1 saturated heterocycles. The van der Waals surface area contributed by atoms with Gasteiger partial charge in [-0.15, -0.1) is 12.4 Å². The largest absolute Gasteiger partial charge is 0.388 e. The Morgan fingerprint density at radius 1 is 0.929 bits per heavy atom. The Labute approximate surface area is 330 Å². The highest BCUT2D eigenvalue weighted by Crippen LogP contribution is 2.35. The highest BCUT2D eigenvalue weighted by Gasteiger charge is 2.44. The molecular weight excluding hydrogens is 760 g/mol. The first-order chi connectivity index (χ1) is 26.5. The predicted octanol–water partition coefficient (Wildman–Crippen LogP) is 3.10. The van der Waals surface area contributed by atoms with E-state index in [9.17, 15) is 28.2 Å². The monoisotopic (exact) mass is 804 g/mol. The summed E-state index contributed by atoms with van der Waals surface area (Å²) >= 11 is 0. The number of aromatic nitrogens is 4. The SMILES string of the molecule is CCC(=O)N[C@H]1C[C@@H](n2cnc3c(NCC(c4ccccc4)c4ccccc4)nc(N4CC[C@@H](NC(=O)Nc5ccc(S(N)(=O)=O)cc5)C4)nc32)[C@H](O)[C@@H]1O.Cl. The molecule has 1 aliphatic heterocycles. The number of amides is 3. The highest BCUT2D eigenvalue weighted by atomic mass is 35.5. The van der Waals surface area contributed by atoms with Crippen LogP contribution in [0.25, 0.3) is 11.2 Å². The molecule has 1 aliphatic carbocycles. The highest BCUT2D eigenvalue weighted by molar-refractivity contribution is 7.89. The van der Waals surface area contributed by atoms with Gasteiger partial charge in [0.2, 0.25) is 21.9 Å². The number of nitrogens with two attached hydrogens (primary N) is 1. The third kappa shape index (κ3) is 8.87. The fraction of sp³-hybridized carbons (Fsp3) is 0.342. The lowest BCUT2D eigenvalue weighted by molar-refractivity contribution is -0.122. The minimum absolute atomic E-state index is 0. The minimum Gasteiger partial charge on any atom is -0.388 e. The van der Waals surface area contributed by atoms with Crippen molar-refractivity contribution >= 4 is 63.0 Å². The summed E-state index contributed by atoms with van der Waals surface area (Å²) in [5, 5.41) is 39.3. The van der Waals surface area contributed by atoms with Gasteiger partial charge in [-0.1, -0.05) is 67.6 Å². The molecule has 16 nitrogen and oxygen atoms in total. The third-order valence-electron chi connectivity index (χ3n) is 10.2. The normalized spacial score (nSPS) is 20.8. The van der Waals surface area contributed by atoms with Crippen molar-refractivity contribution in [3.05, 3.63) is 102 Å². The van der Waals surface area contributed by atoms with Crippen molar-refractivity contribution in [2.75, 3.05) is 35.2 Å². The summed E-state index contributed by atoms with van der Waals surface area (Å²) < 4.78 is 24.9. The molecule has 2 aromatic heterocycles. The number of imidazole rings is 1. The topological polar surface area (TPSA) is 230 Å². The summed E-state index contributed by atoms with van der Waals surface area (Å²) in [5.74, 6) is 0.625. The number of benzene rings is 3. The Kier molecular flexibility index (Phi) is 12.4. The molecule has 1 saturated carbocycles. The first-order valence-corrected chi connectivity index (χ1v) is 19.7. The van der Waals surface area contributed by atoms with Crippen LogP contribution in [-0.2, 0) is 14.8 Å². The number of rotatable bonds is 12. The molecule has 2 aliphatic rings. The lowest BCUT2D eigenvalue weighted by Gasteiger charge is -2.22. The van der Waals surface area contributed by atoms with Crippen molar-refractivity contribution in [3.63, 3.8) is 0 Å². The number of hydrogen-bond acceptors (Lipinski definition) is 11. The molecule has 0 bridgehead atoms. The van der Waals surface area contributed by atoms with Crippen molar-refractivity contribution in [3.8, 4) is 0 Å². The molecule has 3 aromatic carbocycles. The first kappa shape index (κ1) is 40.3. The average Bonchev–Trinajstić information content (AvgIpc) is 3.90. The van der Waals surface area contributed by atoms with Gasteiger partial charge in [0.25, 0.3) is 0 Å².